The van der Waals surface area contributed by atoms with E-state index in [0.29, 0.717) is 12.4 Å². The second kappa shape index (κ2) is 4.68. The van der Waals surface area contributed by atoms with Gasteiger partial charge in [-0.1, -0.05) is 25.9 Å². The van der Waals surface area contributed by atoms with Crippen LogP contribution in [0.1, 0.15) is 42.2 Å². The fourth-order valence-corrected chi connectivity index (χ4v) is 2.26. The van der Waals surface area contributed by atoms with Gasteiger partial charge in [-0.25, -0.2) is 4.98 Å². The van der Waals surface area contributed by atoms with Crippen molar-refractivity contribution in [3.05, 3.63) is 21.4 Å². The minimum atomic E-state index is -0.137. The van der Waals surface area contributed by atoms with Gasteiger partial charge in [0.15, 0.2) is 5.82 Å². The van der Waals surface area contributed by atoms with Crippen molar-refractivity contribution < 1.29 is 9.26 Å². The summed E-state index contributed by atoms with van der Waals surface area (Å²) in [4.78, 5) is 9.64. The molecule has 0 radical (unpaired) electrons. The number of aromatic nitrogens is 3. The van der Waals surface area contributed by atoms with Crippen LogP contribution in [-0.2, 0) is 12.0 Å². The van der Waals surface area contributed by atoms with Crippen molar-refractivity contribution in [1.29, 1.82) is 0 Å². The SMILES string of the molecule is Cc1nc(C)c(COc2nc(C(C)(C)C)no2)s1. The van der Waals surface area contributed by atoms with Crippen molar-refractivity contribution >= 4 is 11.3 Å². The van der Waals surface area contributed by atoms with Gasteiger partial charge in [0.2, 0.25) is 0 Å². The van der Waals surface area contributed by atoms with E-state index in [2.05, 4.69) is 15.1 Å². The molecule has 0 aliphatic carbocycles. The highest BCUT2D eigenvalue weighted by molar-refractivity contribution is 7.11. The van der Waals surface area contributed by atoms with E-state index in [1.165, 1.54) is 0 Å². The van der Waals surface area contributed by atoms with Gasteiger partial charge in [-0.3, -0.25) is 4.52 Å². The quantitative estimate of drug-likeness (QED) is 0.855. The molecule has 0 N–H and O–H groups in total. The molecule has 2 rings (SSSR count). The Morgan fingerprint density at radius 3 is 2.44 bits per heavy atom. The molecule has 0 aromatic carbocycles. The van der Waals surface area contributed by atoms with Crippen LogP contribution in [0.4, 0.5) is 0 Å². The van der Waals surface area contributed by atoms with Crippen LogP contribution in [0.25, 0.3) is 0 Å². The van der Waals surface area contributed by atoms with E-state index in [4.69, 9.17) is 9.26 Å². The zero-order valence-electron chi connectivity index (χ0n) is 11.3. The van der Waals surface area contributed by atoms with E-state index in [9.17, 15) is 0 Å². The Kier molecular flexibility index (Phi) is 3.38. The molecule has 98 valence electrons. The number of rotatable bonds is 3. The molecule has 6 heteroatoms. The monoisotopic (exact) mass is 267 g/mol. The van der Waals surface area contributed by atoms with Crippen LogP contribution in [-0.4, -0.2) is 15.1 Å². The molecule has 0 saturated carbocycles. The standard InChI is InChI=1S/C12H17N3O2S/c1-7-9(18-8(2)13-7)6-16-11-14-10(15-17-11)12(3,4)5/h6H2,1-5H3. The van der Waals surface area contributed by atoms with Gasteiger partial charge < -0.3 is 4.74 Å². The summed E-state index contributed by atoms with van der Waals surface area (Å²) in [6.07, 6.45) is 0.213. The van der Waals surface area contributed by atoms with Crippen molar-refractivity contribution in [3.63, 3.8) is 0 Å². The van der Waals surface area contributed by atoms with Gasteiger partial charge in [0.1, 0.15) is 6.61 Å². The maximum absolute atomic E-state index is 5.49. The Morgan fingerprint density at radius 1 is 1.22 bits per heavy atom. The highest BCUT2D eigenvalue weighted by Gasteiger charge is 2.21. The topological polar surface area (TPSA) is 61.0 Å². The average molecular weight is 267 g/mol. The number of aryl methyl sites for hydroxylation is 2. The normalized spacial score (nSPS) is 11.8. The first-order valence-corrected chi connectivity index (χ1v) is 6.58. The molecule has 0 spiro atoms. The van der Waals surface area contributed by atoms with Crippen molar-refractivity contribution in [2.75, 3.05) is 0 Å². The molecule has 2 aromatic heterocycles. The van der Waals surface area contributed by atoms with Gasteiger partial charge in [0.05, 0.1) is 15.6 Å². The number of ether oxygens (including phenoxy) is 1. The van der Waals surface area contributed by atoms with Gasteiger partial charge in [0, 0.05) is 5.41 Å². The molecule has 18 heavy (non-hydrogen) atoms. The Balaban J connectivity index is 2.03. The lowest BCUT2D eigenvalue weighted by atomic mass is 9.96. The maximum atomic E-state index is 5.49. The van der Waals surface area contributed by atoms with E-state index >= 15 is 0 Å². The molecule has 0 unspecified atom stereocenters. The van der Waals surface area contributed by atoms with Crippen LogP contribution >= 0.6 is 11.3 Å². The highest BCUT2D eigenvalue weighted by Crippen LogP contribution is 2.23. The number of nitrogens with zero attached hydrogens (tertiary/aromatic N) is 3. The van der Waals surface area contributed by atoms with Crippen LogP contribution in [0.15, 0.2) is 4.52 Å². The fourth-order valence-electron chi connectivity index (χ4n) is 1.41. The number of hydrogen-bond donors (Lipinski definition) is 0. The van der Waals surface area contributed by atoms with E-state index in [-0.39, 0.29) is 11.5 Å². The third kappa shape index (κ3) is 2.87. The summed E-state index contributed by atoms with van der Waals surface area (Å²) < 4.78 is 10.6. The molecule has 0 bridgehead atoms. The first kappa shape index (κ1) is 13.0. The van der Waals surface area contributed by atoms with Crippen LogP contribution in [0.3, 0.4) is 0 Å². The lowest BCUT2D eigenvalue weighted by Gasteiger charge is -2.10. The summed E-state index contributed by atoms with van der Waals surface area (Å²) in [6, 6.07) is 0. The number of hydrogen-bond acceptors (Lipinski definition) is 6. The third-order valence-corrected chi connectivity index (χ3v) is 3.45. The van der Waals surface area contributed by atoms with Gasteiger partial charge in [0.25, 0.3) is 0 Å². The molecule has 0 atom stereocenters. The predicted molar refractivity (Wildman–Crippen MR) is 68.9 cm³/mol. The Morgan fingerprint density at radius 2 is 1.94 bits per heavy atom. The molecular weight excluding hydrogens is 250 g/mol. The molecule has 2 heterocycles. The average Bonchev–Trinajstić information content (AvgIpc) is 2.81. The van der Waals surface area contributed by atoms with Crippen LogP contribution in [0.5, 0.6) is 6.08 Å². The Labute approximate surface area is 110 Å². The van der Waals surface area contributed by atoms with Crippen molar-refractivity contribution in [2.45, 2.75) is 46.6 Å². The van der Waals surface area contributed by atoms with Crippen molar-refractivity contribution in [2.24, 2.45) is 0 Å². The molecule has 0 amide bonds. The lowest BCUT2D eigenvalue weighted by molar-refractivity contribution is 0.196. The predicted octanol–water partition coefficient (Wildman–Crippen LogP) is 3.02. The largest absolute Gasteiger partial charge is 0.443 e. The van der Waals surface area contributed by atoms with Crippen LogP contribution in [0.2, 0.25) is 0 Å². The van der Waals surface area contributed by atoms with Crippen molar-refractivity contribution in [1.82, 2.24) is 15.1 Å². The molecule has 0 fully saturated rings. The lowest BCUT2D eigenvalue weighted by Crippen LogP contribution is -2.13. The summed E-state index contributed by atoms with van der Waals surface area (Å²) in [7, 11) is 0. The van der Waals surface area contributed by atoms with Gasteiger partial charge in [-0.05, 0) is 13.8 Å². The summed E-state index contributed by atoms with van der Waals surface area (Å²) in [5, 5.41) is 4.94. The highest BCUT2D eigenvalue weighted by atomic mass is 32.1. The van der Waals surface area contributed by atoms with Crippen molar-refractivity contribution in [3.8, 4) is 6.08 Å². The Hall–Kier alpha value is -1.43. The molecule has 5 nitrogen and oxygen atoms in total. The second-order valence-corrected chi connectivity index (χ2v) is 6.45. The van der Waals surface area contributed by atoms with E-state index in [1.807, 2.05) is 34.6 Å². The van der Waals surface area contributed by atoms with Crippen LogP contribution in [0, 0.1) is 13.8 Å². The minimum absolute atomic E-state index is 0.137. The van der Waals surface area contributed by atoms with E-state index in [0.717, 1.165) is 15.6 Å². The fraction of sp³-hybridized carbons (Fsp3) is 0.583. The zero-order valence-corrected chi connectivity index (χ0v) is 12.1. The Bertz CT molecular complexity index is 540. The molecule has 2 aromatic rings. The van der Waals surface area contributed by atoms with Gasteiger partial charge in [-0.15, -0.1) is 11.3 Å². The molecule has 0 saturated heterocycles. The second-order valence-electron chi connectivity index (χ2n) is 5.16. The third-order valence-electron chi connectivity index (χ3n) is 2.40. The first-order valence-electron chi connectivity index (χ1n) is 5.76. The summed E-state index contributed by atoms with van der Waals surface area (Å²) in [6.45, 7) is 10.4. The molecule has 0 aliphatic heterocycles. The van der Waals surface area contributed by atoms with E-state index < -0.39 is 0 Å². The summed E-state index contributed by atoms with van der Waals surface area (Å²) in [5.74, 6) is 0.648. The zero-order chi connectivity index (χ0) is 13.3. The smallest absolute Gasteiger partial charge is 0.417 e. The van der Waals surface area contributed by atoms with Gasteiger partial charge in [-0.2, -0.15) is 4.98 Å². The first-order chi connectivity index (χ1) is 8.36. The molecule has 0 aliphatic rings. The summed E-state index contributed by atoms with van der Waals surface area (Å²) >= 11 is 1.62. The molecular formula is C12H17N3O2S. The van der Waals surface area contributed by atoms with Gasteiger partial charge >= 0.3 is 6.08 Å². The van der Waals surface area contributed by atoms with E-state index in [1.54, 1.807) is 11.3 Å². The maximum Gasteiger partial charge on any atom is 0.417 e. The minimum Gasteiger partial charge on any atom is -0.443 e. The van der Waals surface area contributed by atoms with Crippen LogP contribution < -0.4 is 4.74 Å². The summed E-state index contributed by atoms with van der Waals surface area (Å²) in [5.41, 5.74) is 0.857. The number of thiazole rings is 1.